The van der Waals surface area contributed by atoms with Crippen LogP contribution in [0.5, 0.6) is 0 Å². The van der Waals surface area contributed by atoms with Crippen molar-refractivity contribution in [2.24, 2.45) is 17.6 Å². The molecule has 2 atom stereocenters. The Morgan fingerprint density at radius 1 is 1.14 bits per heavy atom. The van der Waals surface area contributed by atoms with Gasteiger partial charge in [-0.15, -0.1) is 0 Å². The molecule has 2 unspecified atom stereocenters. The lowest BCUT2D eigenvalue weighted by atomic mass is 9.73. The number of hydrogen-bond acceptors (Lipinski definition) is 3. The summed E-state index contributed by atoms with van der Waals surface area (Å²) in [6, 6.07) is 9.22. The topological polar surface area (TPSA) is 101 Å². The molecular formula is C15H18N2O4. The van der Waals surface area contributed by atoms with Crippen LogP contribution in [0.1, 0.15) is 18.4 Å². The molecule has 1 aliphatic rings. The maximum atomic E-state index is 12.4. The first-order valence-electron chi connectivity index (χ1n) is 6.83. The summed E-state index contributed by atoms with van der Waals surface area (Å²) in [5.74, 6) is -3.07. The Kier molecular flexibility index (Phi) is 4.57. The third-order valence-corrected chi connectivity index (χ3v) is 3.78. The van der Waals surface area contributed by atoms with Crippen LogP contribution in [0.15, 0.2) is 30.3 Å². The van der Waals surface area contributed by atoms with Gasteiger partial charge in [0.25, 0.3) is 0 Å². The number of carbonyl (C=O) groups is 3. The van der Waals surface area contributed by atoms with Gasteiger partial charge in [0.2, 0.25) is 11.8 Å². The van der Waals surface area contributed by atoms with Gasteiger partial charge < -0.3 is 15.7 Å². The molecule has 0 radical (unpaired) electrons. The molecule has 0 saturated heterocycles. The number of primary amides is 1. The number of rotatable bonds is 6. The van der Waals surface area contributed by atoms with E-state index in [0.717, 1.165) is 5.56 Å². The monoisotopic (exact) mass is 290 g/mol. The predicted octanol–water partition coefficient (Wildman–Crippen LogP) is 0.611. The summed E-state index contributed by atoms with van der Waals surface area (Å²) in [6.45, 7) is 0.0576. The highest BCUT2D eigenvalue weighted by Gasteiger charge is 2.43. The second-order valence-electron chi connectivity index (χ2n) is 5.27. The predicted molar refractivity (Wildman–Crippen MR) is 74.9 cm³/mol. The van der Waals surface area contributed by atoms with E-state index in [1.54, 1.807) is 0 Å². The van der Waals surface area contributed by atoms with Crippen molar-refractivity contribution < 1.29 is 19.5 Å². The SMILES string of the molecule is NC(=O)CN(Cc1ccccc1)C(=O)C1CCC1C(=O)O. The fourth-order valence-corrected chi connectivity index (χ4v) is 2.53. The Bertz CT molecular complexity index is 544. The number of nitrogens with zero attached hydrogens (tertiary/aromatic N) is 1. The van der Waals surface area contributed by atoms with E-state index in [2.05, 4.69) is 0 Å². The molecule has 0 spiro atoms. The number of carboxylic acids is 1. The Morgan fingerprint density at radius 3 is 2.24 bits per heavy atom. The first-order valence-corrected chi connectivity index (χ1v) is 6.83. The summed E-state index contributed by atoms with van der Waals surface area (Å²) >= 11 is 0. The lowest BCUT2D eigenvalue weighted by Crippen LogP contribution is -2.48. The molecule has 1 saturated carbocycles. The highest BCUT2D eigenvalue weighted by molar-refractivity contribution is 5.89. The van der Waals surface area contributed by atoms with Crippen LogP contribution in [0.4, 0.5) is 0 Å². The standard InChI is InChI=1S/C15H18N2O4/c16-13(18)9-17(8-10-4-2-1-3-5-10)14(19)11-6-7-12(11)15(20)21/h1-5,11-12H,6-9H2,(H2,16,18)(H,20,21). The van der Waals surface area contributed by atoms with Gasteiger partial charge in [0.15, 0.2) is 0 Å². The summed E-state index contributed by atoms with van der Waals surface area (Å²) in [5.41, 5.74) is 6.06. The molecular weight excluding hydrogens is 272 g/mol. The molecule has 1 aliphatic carbocycles. The highest BCUT2D eigenvalue weighted by atomic mass is 16.4. The fourth-order valence-electron chi connectivity index (χ4n) is 2.53. The van der Waals surface area contributed by atoms with Gasteiger partial charge >= 0.3 is 5.97 Å². The van der Waals surface area contributed by atoms with Crippen molar-refractivity contribution in [1.82, 2.24) is 4.90 Å². The second kappa shape index (κ2) is 6.39. The van der Waals surface area contributed by atoms with Gasteiger partial charge in [-0.25, -0.2) is 0 Å². The Hall–Kier alpha value is -2.37. The summed E-state index contributed by atoms with van der Waals surface area (Å²) in [7, 11) is 0. The smallest absolute Gasteiger partial charge is 0.307 e. The number of nitrogens with two attached hydrogens (primary N) is 1. The van der Waals surface area contributed by atoms with Gasteiger partial charge in [-0.1, -0.05) is 30.3 Å². The number of carbonyl (C=O) groups excluding carboxylic acids is 2. The summed E-state index contributed by atoms with van der Waals surface area (Å²) in [4.78, 5) is 36.0. The normalized spacial score (nSPS) is 20.4. The van der Waals surface area contributed by atoms with E-state index in [0.29, 0.717) is 12.8 Å². The maximum absolute atomic E-state index is 12.4. The van der Waals surface area contributed by atoms with Crippen LogP contribution in [0, 0.1) is 11.8 Å². The van der Waals surface area contributed by atoms with Gasteiger partial charge in [0.1, 0.15) is 0 Å². The van der Waals surface area contributed by atoms with E-state index >= 15 is 0 Å². The van der Waals surface area contributed by atoms with Gasteiger partial charge in [0, 0.05) is 6.54 Å². The minimum absolute atomic E-state index is 0.198. The van der Waals surface area contributed by atoms with Gasteiger partial charge in [-0.2, -0.15) is 0 Å². The minimum atomic E-state index is -0.960. The molecule has 6 heteroatoms. The van der Waals surface area contributed by atoms with E-state index in [-0.39, 0.29) is 19.0 Å². The molecule has 0 heterocycles. The maximum Gasteiger partial charge on any atom is 0.307 e. The summed E-state index contributed by atoms with van der Waals surface area (Å²) in [5, 5.41) is 9.04. The number of hydrogen-bond donors (Lipinski definition) is 2. The van der Waals surface area contributed by atoms with E-state index < -0.39 is 23.7 Å². The van der Waals surface area contributed by atoms with Gasteiger partial charge in [-0.3, -0.25) is 14.4 Å². The zero-order valence-electron chi connectivity index (χ0n) is 11.6. The zero-order chi connectivity index (χ0) is 15.4. The third kappa shape index (κ3) is 3.59. The average Bonchev–Trinajstić information content (AvgIpc) is 2.36. The van der Waals surface area contributed by atoms with Crippen LogP contribution in [0.25, 0.3) is 0 Å². The van der Waals surface area contributed by atoms with E-state index in [1.165, 1.54) is 4.90 Å². The molecule has 1 aromatic rings. The van der Waals surface area contributed by atoms with Crippen molar-refractivity contribution in [3.05, 3.63) is 35.9 Å². The van der Waals surface area contributed by atoms with E-state index in [9.17, 15) is 14.4 Å². The first-order chi connectivity index (χ1) is 9.99. The molecule has 2 amide bonds. The van der Waals surface area contributed by atoms with Crippen LogP contribution in [0.2, 0.25) is 0 Å². The van der Waals surface area contributed by atoms with Gasteiger partial charge in [0.05, 0.1) is 18.4 Å². The second-order valence-corrected chi connectivity index (χ2v) is 5.27. The molecule has 21 heavy (non-hydrogen) atoms. The minimum Gasteiger partial charge on any atom is -0.481 e. The van der Waals surface area contributed by atoms with Crippen molar-refractivity contribution in [1.29, 1.82) is 0 Å². The Morgan fingerprint density at radius 2 is 1.76 bits per heavy atom. The average molecular weight is 290 g/mol. The van der Waals surface area contributed by atoms with Crippen molar-refractivity contribution in [3.8, 4) is 0 Å². The number of amides is 2. The third-order valence-electron chi connectivity index (χ3n) is 3.78. The molecule has 6 nitrogen and oxygen atoms in total. The van der Waals surface area contributed by atoms with E-state index in [4.69, 9.17) is 10.8 Å². The van der Waals surface area contributed by atoms with Crippen molar-refractivity contribution in [2.45, 2.75) is 19.4 Å². The van der Waals surface area contributed by atoms with Crippen LogP contribution in [-0.2, 0) is 20.9 Å². The Labute approximate surface area is 122 Å². The number of carboxylic acid groups (broad SMARTS) is 1. The Balaban J connectivity index is 2.10. The van der Waals surface area contributed by atoms with E-state index in [1.807, 2.05) is 30.3 Å². The first kappa shape index (κ1) is 15.0. The van der Waals surface area contributed by atoms with Crippen LogP contribution >= 0.6 is 0 Å². The molecule has 112 valence electrons. The van der Waals surface area contributed by atoms with Crippen LogP contribution < -0.4 is 5.73 Å². The molecule has 1 aromatic carbocycles. The van der Waals surface area contributed by atoms with Gasteiger partial charge in [-0.05, 0) is 18.4 Å². The summed E-state index contributed by atoms with van der Waals surface area (Å²) < 4.78 is 0. The van der Waals surface area contributed by atoms with Crippen LogP contribution in [0.3, 0.4) is 0 Å². The molecule has 0 aromatic heterocycles. The lowest BCUT2D eigenvalue weighted by molar-refractivity contribution is -0.157. The highest BCUT2D eigenvalue weighted by Crippen LogP contribution is 2.36. The zero-order valence-corrected chi connectivity index (χ0v) is 11.6. The fraction of sp³-hybridized carbons (Fsp3) is 0.400. The van der Waals surface area contributed by atoms with Crippen molar-refractivity contribution in [2.75, 3.05) is 6.54 Å². The molecule has 0 aliphatic heterocycles. The van der Waals surface area contributed by atoms with Crippen molar-refractivity contribution in [3.63, 3.8) is 0 Å². The van der Waals surface area contributed by atoms with Crippen molar-refractivity contribution >= 4 is 17.8 Å². The summed E-state index contributed by atoms with van der Waals surface area (Å²) in [6.07, 6.45) is 1.04. The largest absolute Gasteiger partial charge is 0.481 e. The van der Waals surface area contributed by atoms with Crippen LogP contribution in [-0.4, -0.2) is 34.3 Å². The molecule has 3 N–H and O–H groups in total. The number of aliphatic carboxylic acids is 1. The molecule has 1 fully saturated rings. The quantitative estimate of drug-likeness (QED) is 0.801. The lowest BCUT2D eigenvalue weighted by Gasteiger charge is -2.36. The molecule has 0 bridgehead atoms. The number of benzene rings is 1. The molecule has 2 rings (SSSR count).